The highest BCUT2D eigenvalue weighted by molar-refractivity contribution is 7.25. The molecule has 0 aliphatic heterocycles. The van der Waals surface area contributed by atoms with E-state index in [1.807, 2.05) is 11.3 Å². The highest BCUT2D eigenvalue weighted by Gasteiger charge is 2.13. The van der Waals surface area contributed by atoms with Crippen molar-refractivity contribution in [1.82, 2.24) is 0 Å². The molecule has 0 aliphatic carbocycles. The first-order chi connectivity index (χ1) is 33.2. The molecule has 13 rings (SSSR count). The zero-order valence-corrected chi connectivity index (χ0v) is 37.5. The Morgan fingerprint density at radius 1 is 0.149 bits per heavy atom. The van der Waals surface area contributed by atoms with Crippen molar-refractivity contribution in [3.05, 3.63) is 255 Å². The van der Waals surface area contributed by atoms with Crippen LogP contribution in [0.25, 0.3) is 130 Å². The molecule has 12 aromatic carbocycles. The minimum Gasteiger partial charge on any atom is -0.135 e. The molecule has 67 heavy (non-hydrogen) atoms. The van der Waals surface area contributed by atoms with Gasteiger partial charge in [-0.15, -0.1) is 11.3 Å². The van der Waals surface area contributed by atoms with E-state index in [1.54, 1.807) is 0 Å². The van der Waals surface area contributed by atoms with Gasteiger partial charge in [0.25, 0.3) is 0 Å². The summed E-state index contributed by atoms with van der Waals surface area (Å²) in [5.41, 5.74) is 16.9. The Bertz CT molecular complexity index is 4020. The third-order valence-corrected chi connectivity index (χ3v) is 14.8. The van der Waals surface area contributed by atoms with Crippen LogP contribution in [0, 0.1) is 0 Å². The molecule has 13 aromatic rings. The second-order valence-corrected chi connectivity index (χ2v) is 18.7. The molecular weight excluding hydrogens is 825 g/mol. The summed E-state index contributed by atoms with van der Waals surface area (Å²) < 4.78 is 2.66. The fourth-order valence-electron chi connectivity index (χ4n) is 10.3. The molecule has 0 N–H and O–H groups in total. The van der Waals surface area contributed by atoms with E-state index in [0.29, 0.717) is 0 Å². The van der Waals surface area contributed by atoms with Gasteiger partial charge in [-0.25, -0.2) is 0 Å². The first-order valence-electron chi connectivity index (χ1n) is 23.0. The summed E-state index contributed by atoms with van der Waals surface area (Å²) in [7, 11) is 0. The Hall–Kier alpha value is -8.36. The average molecular weight is 867 g/mol. The van der Waals surface area contributed by atoms with Crippen LogP contribution in [0.15, 0.2) is 255 Å². The zero-order valence-electron chi connectivity index (χ0n) is 36.7. The maximum Gasteiger partial charge on any atom is 0.0361 e. The zero-order chi connectivity index (χ0) is 44.3. The number of fused-ring (bicyclic) bond motifs is 9. The number of benzene rings is 12. The van der Waals surface area contributed by atoms with Crippen molar-refractivity contribution < 1.29 is 0 Å². The lowest BCUT2D eigenvalue weighted by atomic mass is 9.91. The first-order valence-corrected chi connectivity index (χ1v) is 23.9. The molecule has 0 saturated heterocycles. The predicted molar refractivity (Wildman–Crippen MR) is 290 cm³/mol. The van der Waals surface area contributed by atoms with E-state index >= 15 is 0 Å². The maximum atomic E-state index is 2.38. The van der Waals surface area contributed by atoms with E-state index < -0.39 is 0 Å². The van der Waals surface area contributed by atoms with Crippen molar-refractivity contribution in [2.75, 3.05) is 0 Å². The second kappa shape index (κ2) is 16.3. The van der Waals surface area contributed by atoms with E-state index in [2.05, 4.69) is 255 Å². The standard InChI is InChI=1S/C66H42S/c1-2-27-59-57(25-1)58-26-3-4-28-60(58)64-41-55(31-33-61(59)64)53-23-11-21-51(39-53)49-19-9-17-47(37-49)45-15-7-13-43(35-45)44-14-8-16-46(36-44)48-18-10-20-50(38-48)52-22-12-24-54(40-52)56-32-34-63-62-29-5-6-30-65(62)67-66(63)42-56/h1-42H. The summed E-state index contributed by atoms with van der Waals surface area (Å²) in [4.78, 5) is 0. The number of rotatable bonds is 7. The summed E-state index contributed by atoms with van der Waals surface area (Å²) in [6, 6.07) is 94.0. The molecule has 0 fully saturated rings. The normalized spacial score (nSPS) is 11.6. The lowest BCUT2D eigenvalue weighted by molar-refractivity contribution is 1.56. The van der Waals surface area contributed by atoms with Crippen molar-refractivity contribution in [2.45, 2.75) is 0 Å². The summed E-state index contributed by atoms with van der Waals surface area (Å²) >= 11 is 1.87. The second-order valence-electron chi connectivity index (χ2n) is 17.6. The molecule has 1 aromatic heterocycles. The van der Waals surface area contributed by atoms with E-state index in [-0.39, 0.29) is 0 Å². The third kappa shape index (κ3) is 7.09. The van der Waals surface area contributed by atoms with E-state index in [0.717, 1.165) is 0 Å². The smallest absolute Gasteiger partial charge is 0.0361 e. The molecule has 1 heteroatoms. The summed E-state index contributed by atoms with van der Waals surface area (Å²) in [6.07, 6.45) is 0. The van der Waals surface area contributed by atoms with Gasteiger partial charge >= 0.3 is 0 Å². The molecule has 0 amide bonds. The fourth-order valence-corrected chi connectivity index (χ4v) is 11.4. The van der Waals surface area contributed by atoms with Crippen molar-refractivity contribution in [3.63, 3.8) is 0 Å². The lowest BCUT2D eigenvalue weighted by Gasteiger charge is -2.13. The van der Waals surface area contributed by atoms with Crippen LogP contribution in [0.5, 0.6) is 0 Å². The molecule has 0 spiro atoms. The fraction of sp³-hybridized carbons (Fsp3) is 0. The van der Waals surface area contributed by atoms with Gasteiger partial charge in [-0.3, -0.25) is 0 Å². The van der Waals surface area contributed by atoms with Crippen LogP contribution in [0.2, 0.25) is 0 Å². The van der Waals surface area contributed by atoms with E-state index in [9.17, 15) is 0 Å². The molecule has 0 nitrogen and oxygen atoms in total. The molecule has 0 bridgehead atoms. The van der Waals surface area contributed by atoms with Crippen LogP contribution in [0.1, 0.15) is 0 Å². The van der Waals surface area contributed by atoms with Crippen LogP contribution in [0.4, 0.5) is 0 Å². The molecule has 312 valence electrons. The molecule has 0 aliphatic rings. The largest absolute Gasteiger partial charge is 0.135 e. The summed E-state index contributed by atoms with van der Waals surface area (Å²) in [6.45, 7) is 0. The number of thiophene rings is 1. The minimum atomic E-state index is 1.20. The predicted octanol–water partition coefficient (Wildman–Crippen LogP) is 19.2. The average Bonchev–Trinajstić information content (AvgIpc) is 3.79. The molecule has 0 radical (unpaired) electrons. The highest BCUT2D eigenvalue weighted by atomic mass is 32.1. The third-order valence-electron chi connectivity index (χ3n) is 13.6. The molecule has 0 saturated carbocycles. The maximum absolute atomic E-state index is 2.38. The molecule has 0 atom stereocenters. The lowest BCUT2D eigenvalue weighted by Crippen LogP contribution is -1.87. The monoisotopic (exact) mass is 866 g/mol. The Labute approximate surface area is 394 Å². The molecular formula is C66H42S. The number of hydrogen-bond acceptors (Lipinski definition) is 1. The van der Waals surface area contributed by atoms with Gasteiger partial charge in [0.15, 0.2) is 0 Å². The van der Waals surface area contributed by atoms with Crippen molar-refractivity contribution in [1.29, 1.82) is 0 Å². The van der Waals surface area contributed by atoms with Gasteiger partial charge in [0.1, 0.15) is 0 Å². The Morgan fingerprint density at radius 3 is 0.776 bits per heavy atom. The van der Waals surface area contributed by atoms with Crippen molar-refractivity contribution >= 4 is 63.8 Å². The van der Waals surface area contributed by atoms with Crippen molar-refractivity contribution in [2.24, 2.45) is 0 Å². The van der Waals surface area contributed by atoms with Crippen molar-refractivity contribution in [3.8, 4) is 77.9 Å². The Kier molecular flexibility index (Phi) is 9.48. The van der Waals surface area contributed by atoms with Gasteiger partial charge in [-0.1, -0.05) is 200 Å². The first kappa shape index (κ1) is 39.0. The van der Waals surface area contributed by atoms with E-state index in [1.165, 1.54) is 130 Å². The van der Waals surface area contributed by atoms with Crippen LogP contribution >= 0.6 is 11.3 Å². The van der Waals surface area contributed by atoms with E-state index in [4.69, 9.17) is 0 Å². The Morgan fingerprint density at radius 2 is 0.403 bits per heavy atom. The molecule has 0 unspecified atom stereocenters. The van der Waals surface area contributed by atoms with Gasteiger partial charge in [0, 0.05) is 20.2 Å². The van der Waals surface area contributed by atoms with Crippen LogP contribution in [0.3, 0.4) is 0 Å². The van der Waals surface area contributed by atoms with Gasteiger partial charge in [-0.2, -0.15) is 0 Å². The number of hydrogen-bond donors (Lipinski definition) is 0. The SMILES string of the molecule is c1cc(-c2cccc(-c3cccc(-c4cccc(-c5ccc6c7ccccc7c7ccccc7c6c5)c4)c3)c2)cc(-c2cccc(-c3cccc(-c4ccc5c(c4)sc4ccccc45)c3)c2)c1. The quantitative estimate of drug-likeness (QED) is 0.140. The van der Waals surface area contributed by atoms with Gasteiger partial charge < -0.3 is 0 Å². The summed E-state index contributed by atoms with van der Waals surface area (Å²) in [5.74, 6) is 0. The minimum absolute atomic E-state index is 1.20. The Balaban J connectivity index is 0.780. The van der Waals surface area contributed by atoms with Gasteiger partial charge in [0.05, 0.1) is 0 Å². The summed E-state index contributed by atoms with van der Waals surface area (Å²) in [5, 5.41) is 10.4. The van der Waals surface area contributed by atoms with Gasteiger partial charge in [0.2, 0.25) is 0 Å². The van der Waals surface area contributed by atoms with Gasteiger partial charge in [-0.05, 0) is 165 Å². The highest BCUT2D eigenvalue weighted by Crippen LogP contribution is 2.40. The topological polar surface area (TPSA) is 0 Å². The van der Waals surface area contributed by atoms with Crippen LogP contribution in [-0.4, -0.2) is 0 Å². The van der Waals surface area contributed by atoms with Crippen LogP contribution < -0.4 is 0 Å². The van der Waals surface area contributed by atoms with Crippen LogP contribution in [-0.2, 0) is 0 Å². The molecule has 1 heterocycles.